The molecule has 5 nitrogen and oxygen atoms in total. The van der Waals surface area contributed by atoms with Crippen LogP contribution in [0.1, 0.15) is 33.6 Å². The molecule has 1 aliphatic rings. The van der Waals surface area contributed by atoms with Crippen molar-refractivity contribution < 1.29 is 18.7 Å². The topological polar surface area (TPSA) is 52.5 Å². The quantitative estimate of drug-likeness (QED) is 0.504. The number of ether oxygens (including phenoxy) is 2. The molecule has 158 valence electrons. The van der Waals surface area contributed by atoms with Gasteiger partial charge in [0.15, 0.2) is 5.82 Å². The molecule has 1 N–H and O–H groups in total. The third-order valence-corrected chi connectivity index (χ3v) is 5.17. The molecule has 6 heteroatoms. The molecule has 1 saturated carbocycles. The molecule has 0 atom stereocenters. The van der Waals surface area contributed by atoms with Crippen molar-refractivity contribution in [1.82, 2.24) is 4.57 Å². The predicted octanol–water partition coefficient (Wildman–Crippen LogP) is 6.21. The Morgan fingerprint density at radius 3 is 2.57 bits per heavy atom. The number of carbonyl (C=O) groups is 1. The van der Waals surface area contributed by atoms with E-state index in [0.29, 0.717) is 29.3 Å². The lowest BCUT2D eigenvalue weighted by Gasteiger charge is -2.12. The summed E-state index contributed by atoms with van der Waals surface area (Å²) in [6.45, 7) is 6.87. The second-order valence-corrected chi connectivity index (χ2v) is 7.98. The summed E-state index contributed by atoms with van der Waals surface area (Å²) < 4.78 is 28.3. The van der Waals surface area contributed by atoms with E-state index >= 15 is 4.39 Å². The van der Waals surface area contributed by atoms with Gasteiger partial charge in [0, 0.05) is 29.2 Å². The number of hydrogen-bond acceptors (Lipinski definition) is 3. The molecule has 1 aliphatic carbocycles. The van der Waals surface area contributed by atoms with Crippen LogP contribution in [0.4, 0.5) is 14.9 Å². The van der Waals surface area contributed by atoms with E-state index in [-0.39, 0.29) is 11.9 Å². The Labute approximate surface area is 175 Å². The van der Waals surface area contributed by atoms with Crippen molar-refractivity contribution in [2.75, 3.05) is 11.9 Å². The summed E-state index contributed by atoms with van der Waals surface area (Å²) in [5.74, 6) is 1.10. The van der Waals surface area contributed by atoms with Crippen molar-refractivity contribution in [2.24, 2.45) is 5.92 Å². The van der Waals surface area contributed by atoms with Crippen molar-refractivity contribution in [3.63, 3.8) is 0 Å². The summed E-state index contributed by atoms with van der Waals surface area (Å²) in [6, 6.07) is 12.7. The summed E-state index contributed by atoms with van der Waals surface area (Å²) in [6.07, 6.45) is 1.65. The lowest BCUT2D eigenvalue weighted by atomic mass is 10.1. The first-order valence-corrected chi connectivity index (χ1v) is 10.5. The van der Waals surface area contributed by atoms with Gasteiger partial charge < -0.3 is 14.0 Å². The number of carbonyl (C=O) groups excluding carboxylic acids is 1. The average molecular weight is 410 g/mol. The van der Waals surface area contributed by atoms with Crippen LogP contribution in [0.2, 0.25) is 0 Å². The maximum absolute atomic E-state index is 15.5. The fraction of sp³-hybridized carbons (Fsp3) is 0.375. The molecule has 1 fully saturated rings. The van der Waals surface area contributed by atoms with Crippen LogP contribution in [-0.2, 0) is 11.3 Å². The van der Waals surface area contributed by atoms with E-state index in [0.717, 1.165) is 23.4 Å². The van der Waals surface area contributed by atoms with E-state index in [1.807, 2.05) is 31.2 Å². The highest BCUT2D eigenvalue weighted by atomic mass is 19.1. The van der Waals surface area contributed by atoms with Crippen LogP contribution in [0, 0.1) is 11.7 Å². The first-order valence-electron chi connectivity index (χ1n) is 10.5. The second kappa shape index (κ2) is 8.38. The molecule has 30 heavy (non-hydrogen) atoms. The summed E-state index contributed by atoms with van der Waals surface area (Å²) in [5, 5.41) is 3.29. The Morgan fingerprint density at radius 1 is 1.20 bits per heavy atom. The largest absolute Gasteiger partial charge is 0.494 e. The van der Waals surface area contributed by atoms with Gasteiger partial charge in [0.2, 0.25) is 0 Å². The molecule has 4 rings (SSSR count). The van der Waals surface area contributed by atoms with E-state index in [9.17, 15) is 4.79 Å². The predicted molar refractivity (Wildman–Crippen MR) is 116 cm³/mol. The Bertz CT molecular complexity index is 1050. The van der Waals surface area contributed by atoms with Crippen LogP contribution in [0.3, 0.4) is 0 Å². The number of nitrogens with one attached hydrogen (secondary N) is 1. The monoisotopic (exact) mass is 410 g/mol. The number of amides is 1. The van der Waals surface area contributed by atoms with Crippen molar-refractivity contribution in [1.29, 1.82) is 0 Å². The SMILES string of the molecule is CCOc1ccc2c(F)c(-c3ccc(NC(=O)OC(C)C)cc3)n(CC3CC3)c2c1. The number of halogens is 1. The zero-order chi connectivity index (χ0) is 21.3. The summed E-state index contributed by atoms with van der Waals surface area (Å²) in [7, 11) is 0. The Morgan fingerprint density at radius 2 is 1.93 bits per heavy atom. The van der Waals surface area contributed by atoms with Gasteiger partial charge in [-0.1, -0.05) is 12.1 Å². The van der Waals surface area contributed by atoms with E-state index < -0.39 is 6.09 Å². The summed E-state index contributed by atoms with van der Waals surface area (Å²) >= 11 is 0. The molecule has 0 bridgehead atoms. The molecular weight excluding hydrogens is 383 g/mol. The molecule has 1 aromatic heterocycles. The van der Waals surface area contributed by atoms with E-state index in [4.69, 9.17) is 9.47 Å². The molecule has 0 spiro atoms. The molecule has 0 saturated heterocycles. The van der Waals surface area contributed by atoms with Crippen LogP contribution in [-0.4, -0.2) is 23.4 Å². The molecule has 0 unspecified atom stereocenters. The number of benzene rings is 2. The van der Waals surface area contributed by atoms with Crippen molar-refractivity contribution in [3.05, 3.63) is 48.3 Å². The fourth-order valence-electron chi connectivity index (χ4n) is 3.65. The number of rotatable bonds is 7. The highest BCUT2D eigenvalue weighted by Gasteiger charge is 2.27. The van der Waals surface area contributed by atoms with Crippen molar-refractivity contribution >= 4 is 22.7 Å². The van der Waals surface area contributed by atoms with Gasteiger partial charge in [-0.05, 0) is 63.8 Å². The molecule has 1 heterocycles. The number of hydrogen-bond donors (Lipinski definition) is 1. The maximum atomic E-state index is 15.5. The van der Waals surface area contributed by atoms with Gasteiger partial charge >= 0.3 is 6.09 Å². The first-order chi connectivity index (χ1) is 14.5. The Balaban J connectivity index is 1.70. The minimum Gasteiger partial charge on any atom is -0.494 e. The van der Waals surface area contributed by atoms with Crippen molar-refractivity contribution in [3.8, 4) is 17.0 Å². The van der Waals surface area contributed by atoms with Gasteiger partial charge in [-0.15, -0.1) is 0 Å². The summed E-state index contributed by atoms with van der Waals surface area (Å²) in [5.41, 5.74) is 2.79. The van der Waals surface area contributed by atoms with E-state index in [2.05, 4.69) is 9.88 Å². The normalized spacial score (nSPS) is 13.6. The van der Waals surface area contributed by atoms with E-state index in [1.54, 1.807) is 32.0 Å². The van der Waals surface area contributed by atoms with Gasteiger partial charge in [0.25, 0.3) is 0 Å². The second-order valence-electron chi connectivity index (χ2n) is 7.98. The molecule has 1 amide bonds. The van der Waals surface area contributed by atoms with Gasteiger partial charge in [-0.25, -0.2) is 9.18 Å². The smallest absolute Gasteiger partial charge is 0.411 e. The van der Waals surface area contributed by atoms with Gasteiger partial charge in [-0.2, -0.15) is 0 Å². The number of aromatic nitrogens is 1. The molecule has 0 radical (unpaired) electrons. The fourth-order valence-corrected chi connectivity index (χ4v) is 3.65. The maximum Gasteiger partial charge on any atom is 0.411 e. The Kier molecular flexibility index (Phi) is 5.66. The lowest BCUT2D eigenvalue weighted by Crippen LogP contribution is -2.17. The van der Waals surface area contributed by atoms with Crippen LogP contribution in [0.15, 0.2) is 42.5 Å². The third-order valence-electron chi connectivity index (χ3n) is 5.17. The first kappa shape index (κ1) is 20.3. The number of fused-ring (bicyclic) bond motifs is 1. The highest BCUT2D eigenvalue weighted by Crippen LogP contribution is 2.39. The van der Waals surface area contributed by atoms with Crippen LogP contribution in [0.5, 0.6) is 5.75 Å². The van der Waals surface area contributed by atoms with Crippen LogP contribution in [0.25, 0.3) is 22.2 Å². The van der Waals surface area contributed by atoms with Gasteiger partial charge in [-0.3, -0.25) is 5.32 Å². The van der Waals surface area contributed by atoms with Crippen molar-refractivity contribution in [2.45, 2.75) is 46.3 Å². The summed E-state index contributed by atoms with van der Waals surface area (Å²) in [4.78, 5) is 11.8. The van der Waals surface area contributed by atoms with Crippen LogP contribution < -0.4 is 10.1 Å². The molecule has 0 aliphatic heterocycles. The van der Waals surface area contributed by atoms with Gasteiger partial charge in [0.1, 0.15) is 5.75 Å². The number of nitrogens with zero attached hydrogens (tertiary/aromatic N) is 1. The molecule has 2 aromatic carbocycles. The average Bonchev–Trinajstić information content (AvgIpc) is 3.48. The molecular formula is C24H27FN2O3. The molecule has 3 aromatic rings. The van der Waals surface area contributed by atoms with E-state index in [1.165, 1.54) is 12.8 Å². The minimum atomic E-state index is -0.504. The number of anilines is 1. The van der Waals surface area contributed by atoms with Gasteiger partial charge in [0.05, 0.1) is 23.9 Å². The standard InChI is InChI=1S/C24H27FN2O3/c1-4-29-19-11-12-20-21(13-19)27(14-16-5-6-16)23(22(20)25)17-7-9-18(10-8-17)26-24(28)30-15(2)3/h7-13,15-16H,4-6,14H2,1-3H3,(H,26,28). The zero-order valence-corrected chi connectivity index (χ0v) is 17.6. The highest BCUT2D eigenvalue weighted by molar-refractivity contribution is 5.90. The minimum absolute atomic E-state index is 0.196. The van der Waals surface area contributed by atoms with Crippen LogP contribution >= 0.6 is 0 Å². The lowest BCUT2D eigenvalue weighted by molar-refractivity contribution is 0.130. The third kappa shape index (κ3) is 4.27. The zero-order valence-electron chi connectivity index (χ0n) is 17.6. The Hall–Kier alpha value is -3.02.